The van der Waals surface area contributed by atoms with Gasteiger partial charge in [0.05, 0.1) is 4.91 Å². The number of halogens is 1. The van der Waals surface area contributed by atoms with E-state index in [0.29, 0.717) is 18.3 Å². The van der Waals surface area contributed by atoms with Crippen molar-refractivity contribution >= 4 is 29.4 Å². The molecular weight excluding hydrogens is 471 g/mol. The van der Waals surface area contributed by atoms with Gasteiger partial charge in [-0.05, 0) is 72.4 Å². The van der Waals surface area contributed by atoms with E-state index in [-0.39, 0.29) is 23.3 Å². The molecule has 0 spiro atoms. The Labute approximate surface area is 216 Å². The van der Waals surface area contributed by atoms with Crippen LogP contribution in [0, 0.1) is 11.7 Å². The number of para-hydroxylation sites is 1. The third-order valence-electron chi connectivity index (χ3n) is 6.90. The highest BCUT2D eigenvalue weighted by atomic mass is 32.2. The average molecular weight is 503 g/mol. The molecule has 0 bridgehead atoms. The number of nitrogens with zero attached hydrogens (tertiary/aromatic N) is 1. The Bertz CT molecular complexity index is 1220. The summed E-state index contributed by atoms with van der Waals surface area (Å²) >= 11 is 1.58. The summed E-state index contributed by atoms with van der Waals surface area (Å²) < 4.78 is 19.2. The number of thioether (sulfide) groups is 1. The third-order valence-corrected chi connectivity index (χ3v) is 8.01. The largest absolute Gasteiger partial charge is 0.489 e. The van der Waals surface area contributed by atoms with E-state index in [2.05, 4.69) is 17.1 Å². The number of amides is 1. The molecule has 1 heterocycles. The first-order valence-electron chi connectivity index (χ1n) is 12.6. The SMILES string of the molecule is C[C@@H]1CCCC[C@@H]1N1C(=O)/C(=C/c2ccc(OCc3cccc(F)c3)cc2)SC1Nc1ccccc1. The van der Waals surface area contributed by atoms with Gasteiger partial charge < -0.3 is 15.0 Å². The van der Waals surface area contributed by atoms with E-state index < -0.39 is 0 Å². The zero-order valence-electron chi connectivity index (χ0n) is 20.4. The molecule has 36 heavy (non-hydrogen) atoms. The maximum absolute atomic E-state index is 13.7. The molecule has 1 aliphatic heterocycles. The smallest absolute Gasteiger partial charge is 0.262 e. The van der Waals surface area contributed by atoms with E-state index in [1.54, 1.807) is 17.8 Å². The van der Waals surface area contributed by atoms with Gasteiger partial charge >= 0.3 is 0 Å². The Morgan fingerprint density at radius 3 is 2.56 bits per heavy atom. The summed E-state index contributed by atoms with van der Waals surface area (Å²) in [5.74, 6) is 1.01. The first-order chi connectivity index (χ1) is 17.6. The maximum Gasteiger partial charge on any atom is 0.262 e. The third kappa shape index (κ3) is 5.76. The molecule has 2 aliphatic rings. The van der Waals surface area contributed by atoms with E-state index in [4.69, 9.17) is 4.74 Å². The van der Waals surface area contributed by atoms with Crippen LogP contribution < -0.4 is 10.1 Å². The molecule has 1 amide bonds. The second-order valence-corrected chi connectivity index (χ2v) is 10.6. The van der Waals surface area contributed by atoms with Crippen molar-refractivity contribution in [3.8, 4) is 5.75 Å². The van der Waals surface area contributed by atoms with Gasteiger partial charge in [-0.1, -0.05) is 74.0 Å². The Hall–Kier alpha value is -3.25. The monoisotopic (exact) mass is 502 g/mol. The van der Waals surface area contributed by atoms with Gasteiger partial charge in [-0.3, -0.25) is 4.79 Å². The Morgan fingerprint density at radius 1 is 1.03 bits per heavy atom. The fourth-order valence-corrected chi connectivity index (χ4v) is 6.18. The molecule has 186 valence electrons. The molecule has 1 unspecified atom stereocenters. The van der Waals surface area contributed by atoms with Gasteiger partial charge in [0.15, 0.2) is 5.50 Å². The molecule has 6 heteroatoms. The van der Waals surface area contributed by atoms with Gasteiger partial charge in [0.2, 0.25) is 0 Å². The molecule has 5 rings (SSSR count). The van der Waals surface area contributed by atoms with Gasteiger partial charge in [0, 0.05) is 11.7 Å². The number of benzene rings is 3. The predicted octanol–water partition coefficient (Wildman–Crippen LogP) is 7.30. The van der Waals surface area contributed by atoms with Gasteiger partial charge in [-0.15, -0.1) is 0 Å². The molecule has 0 aromatic heterocycles. The lowest BCUT2D eigenvalue weighted by Crippen LogP contribution is -2.48. The van der Waals surface area contributed by atoms with Crippen LogP contribution in [0.1, 0.15) is 43.7 Å². The summed E-state index contributed by atoms with van der Waals surface area (Å²) in [6, 6.07) is 24.4. The normalized spacial score (nSPS) is 23.2. The van der Waals surface area contributed by atoms with Crippen molar-refractivity contribution in [1.82, 2.24) is 4.90 Å². The van der Waals surface area contributed by atoms with Crippen LogP contribution in [0.4, 0.5) is 10.1 Å². The molecule has 1 saturated heterocycles. The highest BCUT2D eigenvalue weighted by Crippen LogP contribution is 2.42. The molecular formula is C30H31FN2O2S. The minimum absolute atomic E-state index is 0.0959. The fourth-order valence-electron chi connectivity index (χ4n) is 4.97. The quantitative estimate of drug-likeness (QED) is 0.344. The summed E-state index contributed by atoms with van der Waals surface area (Å²) in [6.07, 6.45) is 6.58. The highest BCUT2D eigenvalue weighted by Gasteiger charge is 2.42. The Morgan fingerprint density at radius 2 is 1.81 bits per heavy atom. The van der Waals surface area contributed by atoms with Crippen LogP contribution >= 0.6 is 11.8 Å². The van der Waals surface area contributed by atoms with E-state index in [0.717, 1.165) is 41.0 Å². The minimum atomic E-state index is -0.270. The lowest BCUT2D eigenvalue weighted by molar-refractivity contribution is -0.129. The van der Waals surface area contributed by atoms with E-state index in [1.807, 2.05) is 66.7 Å². The van der Waals surface area contributed by atoms with Crippen LogP contribution in [-0.2, 0) is 11.4 Å². The molecule has 3 aromatic rings. The number of hydrogen-bond donors (Lipinski definition) is 1. The van der Waals surface area contributed by atoms with Gasteiger partial charge in [-0.2, -0.15) is 0 Å². The maximum atomic E-state index is 13.7. The minimum Gasteiger partial charge on any atom is -0.489 e. The van der Waals surface area contributed by atoms with Crippen molar-refractivity contribution in [1.29, 1.82) is 0 Å². The standard InChI is InChI=1S/C30H31FN2O2S/c1-21-8-5-6-13-27(21)33-29(34)28(36-30(33)32-25-11-3-2-4-12-25)19-22-14-16-26(17-15-22)35-20-23-9-7-10-24(31)18-23/h2-4,7,9-12,14-19,21,27,30,32H,5-6,8,13,20H2,1H3/b28-19-/t21-,27+,30?/m1/s1. The van der Waals surface area contributed by atoms with Crippen LogP contribution in [0.3, 0.4) is 0 Å². The molecule has 3 atom stereocenters. The van der Waals surface area contributed by atoms with Crippen LogP contribution in [0.15, 0.2) is 83.8 Å². The average Bonchev–Trinajstić information content (AvgIpc) is 3.18. The molecule has 3 aromatic carbocycles. The Kier molecular flexibility index (Phi) is 7.61. The van der Waals surface area contributed by atoms with Gasteiger partial charge in [0.1, 0.15) is 18.2 Å². The summed E-state index contributed by atoms with van der Waals surface area (Å²) in [5.41, 5.74) is 2.60. The highest BCUT2D eigenvalue weighted by molar-refractivity contribution is 8.05. The van der Waals surface area contributed by atoms with Crippen LogP contribution in [0.25, 0.3) is 6.08 Å². The van der Waals surface area contributed by atoms with E-state index in [1.165, 1.54) is 18.6 Å². The topological polar surface area (TPSA) is 41.6 Å². The number of rotatable bonds is 7. The van der Waals surface area contributed by atoms with E-state index >= 15 is 0 Å². The molecule has 1 aliphatic carbocycles. The number of ether oxygens (including phenoxy) is 1. The molecule has 4 nitrogen and oxygen atoms in total. The van der Waals surface area contributed by atoms with Crippen LogP contribution in [0.5, 0.6) is 5.75 Å². The van der Waals surface area contributed by atoms with Crippen molar-refractivity contribution in [3.05, 3.63) is 101 Å². The van der Waals surface area contributed by atoms with Gasteiger partial charge in [-0.25, -0.2) is 4.39 Å². The van der Waals surface area contributed by atoms with Crippen molar-refractivity contribution in [2.45, 2.75) is 50.8 Å². The summed E-state index contributed by atoms with van der Waals surface area (Å²) in [5, 5.41) is 3.58. The first-order valence-corrected chi connectivity index (χ1v) is 13.4. The number of nitrogens with one attached hydrogen (secondary N) is 1. The Balaban J connectivity index is 1.32. The molecule has 1 N–H and O–H groups in total. The summed E-state index contributed by atoms with van der Waals surface area (Å²) in [4.78, 5) is 16.5. The zero-order chi connectivity index (χ0) is 24.9. The number of anilines is 1. The van der Waals surface area contributed by atoms with Crippen molar-refractivity contribution in [2.75, 3.05) is 5.32 Å². The second-order valence-electron chi connectivity index (χ2n) is 9.52. The molecule has 2 fully saturated rings. The number of carbonyl (C=O) groups is 1. The van der Waals surface area contributed by atoms with Crippen molar-refractivity contribution in [3.63, 3.8) is 0 Å². The van der Waals surface area contributed by atoms with Crippen molar-refractivity contribution in [2.24, 2.45) is 5.92 Å². The predicted molar refractivity (Wildman–Crippen MR) is 145 cm³/mol. The van der Waals surface area contributed by atoms with Crippen molar-refractivity contribution < 1.29 is 13.9 Å². The lowest BCUT2D eigenvalue weighted by Gasteiger charge is -2.39. The van der Waals surface area contributed by atoms with E-state index in [9.17, 15) is 9.18 Å². The molecule has 1 saturated carbocycles. The fraction of sp³-hybridized carbons (Fsp3) is 0.300. The van der Waals surface area contributed by atoms with Gasteiger partial charge in [0.25, 0.3) is 5.91 Å². The number of carbonyl (C=O) groups excluding carboxylic acids is 1. The van der Waals surface area contributed by atoms with Crippen LogP contribution in [0.2, 0.25) is 0 Å². The molecule has 0 radical (unpaired) electrons. The van der Waals surface area contributed by atoms with Crippen LogP contribution in [-0.4, -0.2) is 22.3 Å². The summed E-state index contributed by atoms with van der Waals surface area (Å²) in [7, 11) is 0. The lowest BCUT2D eigenvalue weighted by atomic mass is 9.85. The second kappa shape index (κ2) is 11.2. The zero-order valence-corrected chi connectivity index (χ0v) is 21.2. The number of hydrogen-bond acceptors (Lipinski definition) is 4. The first kappa shape index (κ1) is 24.4. The summed E-state index contributed by atoms with van der Waals surface area (Å²) in [6.45, 7) is 2.57.